The van der Waals surface area contributed by atoms with Crippen LogP contribution in [0.5, 0.6) is 0 Å². The molecular formula is C17H20BrN3O. The summed E-state index contributed by atoms with van der Waals surface area (Å²) >= 11 is 3.41. The third-order valence-corrected chi connectivity index (χ3v) is 4.08. The minimum absolute atomic E-state index is 0.213. The van der Waals surface area contributed by atoms with Crippen molar-refractivity contribution in [1.82, 2.24) is 4.98 Å². The van der Waals surface area contributed by atoms with Gasteiger partial charge in [0, 0.05) is 18.1 Å². The molecular weight excluding hydrogens is 342 g/mol. The van der Waals surface area contributed by atoms with Crippen LogP contribution in [0.25, 0.3) is 0 Å². The molecule has 1 aromatic carbocycles. The Morgan fingerprint density at radius 3 is 2.68 bits per heavy atom. The molecule has 0 saturated carbocycles. The van der Waals surface area contributed by atoms with Crippen LogP contribution in [0, 0.1) is 0 Å². The van der Waals surface area contributed by atoms with Crippen LogP contribution in [0.2, 0.25) is 0 Å². The number of benzene rings is 1. The van der Waals surface area contributed by atoms with Crippen LogP contribution < -0.4 is 10.2 Å². The van der Waals surface area contributed by atoms with Gasteiger partial charge in [-0.25, -0.2) is 4.98 Å². The van der Waals surface area contributed by atoms with Crippen molar-refractivity contribution in [1.29, 1.82) is 0 Å². The highest BCUT2D eigenvalue weighted by molar-refractivity contribution is 9.10. The van der Waals surface area contributed by atoms with Gasteiger partial charge in [0.25, 0.3) is 5.91 Å². The first-order chi connectivity index (χ1) is 10.6. The topological polar surface area (TPSA) is 45.2 Å². The maximum absolute atomic E-state index is 12.2. The lowest BCUT2D eigenvalue weighted by molar-refractivity contribution is 0.102. The number of halogens is 1. The Kier molecular flexibility index (Phi) is 5.95. The highest BCUT2D eigenvalue weighted by Gasteiger charge is 2.10. The molecule has 0 aliphatic rings. The number of unbranched alkanes of at least 4 members (excludes halogenated alkanes) is 1. The van der Waals surface area contributed by atoms with E-state index in [0.717, 1.165) is 35.2 Å². The van der Waals surface area contributed by atoms with E-state index >= 15 is 0 Å². The predicted molar refractivity (Wildman–Crippen MR) is 94.5 cm³/mol. The molecule has 5 heteroatoms. The van der Waals surface area contributed by atoms with Gasteiger partial charge in [0.15, 0.2) is 0 Å². The fourth-order valence-corrected chi connectivity index (χ4v) is 2.40. The zero-order valence-corrected chi connectivity index (χ0v) is 14.4. The molecule has 0 fully saturated rings. The number of hydrogen-bond donors (Lipinski definition) is 1. The van der Waals surface area contributed by atoms with Crippen molar-refractivity contribution in [3.05, 3.63) is 52.8 Å². The summed E-state index contributed by atoms with van der Waals surface area (Å²) in [5.41, 5.74) is 2.16. The maximum Gasteiger partial charge on any atom is 0.274 e. The minimum atomic E-state index is -0.213. The quantitative estimate of drug-likeness (QED) is 0.832. The minimum Gasteiger partial charge on any atom is -0.373 e. The van der Waals surface area contributed by atoms with Crippen LogP contribution in [0.3, 0.4) is 0 Å². The number of carbonyl (C=O) groups excluding carboxylic acids is 1. The highest BCUT2D eigenvalue weighted by Crippen LogP contribution is 2.22. The van der Waals surface area contributed by atoms with Crippen molar-refractivity contribution in [2.45, 2.75) is 19.8 Å². The Bertz CT molecular complexity index is 628. The third-order valence-electron chi connectivity index (χ3n) is 3.39. The van der Waals surface area contributed by atoms with Gasteiger partial charge in [-0.3, -0.25) is 4.79 Å². The fraction of sp³-hybridized carbons (Fsp3) is 0.294. The van der Waals surface area contributed by atoms with Gasteiger partial charge >= 0.3 is 0 Å². The SMILES string of the molecule is CCCCN(C)c1ccc(C(=O)Nc2ccccc2Br)nc1. The summed E-state index contributed by atoms with van der Waals surface area (Å²) in [5.74, 6) is -0.213. The van der Waals surface area contributed by atoms with Crippen LogP contribution in [-0.4, -0.2) is 24.5 Å². The molecule has 1 N–H and O–H groups in total. The van der Waals surface area contributed by atoms with E-state index in [1.807, 2.05) is 37.4 Å². The molecule has 22 heavy (non-hydrogen) atoms. The van der Waals surface area contributed by atoms with E-state index < -0.39 is 0 Å². The lowest BCUT2D eigenvalue weighted by atomic mass is 10.2. The molecule has 4 nitrogen and oxygen atoms in total. The van der Waals surface area contributed by atoms with Crippen molar-refractivity contribution >= 4 is 33.2 Å². The molecule has 0 spiro atoms. The Balaban J connectivity index is 2.04. The summed E-state index contributed by atoms with van der Waals surface area (Å²) in [6.45, 7) is 3.15. The van der Waals surface area contributed by atoms with E-state index in [1.165, 1.54) is 0 Å². The first-order valence-corrected chi connectivity index (χ1v) is 8.14. The van der Waals surface area contributed by atoms with E-state index in [1.54, 1.807) is 12.3 Å². The molecule has 1 amide bonds. The van der Waals surface area contributed by atoms with E-state index in [2.05, 4.69) is 38.1 Å². The fourth-order valence-electron chi connectivity index (χ4n) is 2.02. The molecule has 0 aliphatic heterocycles. The largest absolute Gasteiger partial charge is 0.373 e. The summed E-state index contributed by atoms with van der Waals surface area (Å²) in [6, 6.07) is 11.2. The second kappa shape index (κ2) is 7.94. The van der Waals surface area contributed by atoms with Crippen LogP contribution in [-0.2, 0) is 0 Å². The van der Waals surface area contributed by atoms with E-state index in [9.17, 15) is 4.79 Å². The first kappa shape index (κ1) is 16.5. The average Bonchev–Trinajstić information content (AvgIpc) is 2.55. The molecule has 0 aliphatic carbocycles. The van der Waals surface area contributed by atoms with Crippen molar-refractivity contribution in [2.24, 2.45) is 0 Å². The smallest absolute Gasteiger partial charge is 0.274 e. The van der Waals surface area contributed by atoms with Gasteiger partial charge in [0.2, 0.25) is 0 Å². The summed E-state index contributed by atoms with van der Waals surface area (Å²) in [6.07, 6.45) is 4.04. The average molecular weight is 362 g/mol. The van der Waals surface area contributed by atoms with Crippen molar-refractivity contribution in [2.75, 3.05) is 23.8 Å². The molecule has 1 heterocycles. The molecule has 0 atom stereocenters. The Hall–Kier alpha value is -1.88. The van der Waals surface area contributed by atoms with Crippen molar-refractivity contribution < 1.29 is 4.79 Å². The molecule has 116 valence electrons. The van der Waals surface area contributed by atoms with E-state index in [0.29, 0.717) is 5.69 Å². The number of anilines is 2. The van der Waals surface area contributed by atoms with Crippen LogP contribution in [0.1, 0.15) is 30.3 Å². The number of nitrogens with zero attached hydrogens (tertiary/aromatic N) is 2. The number of rotatable bonds is 6. The molecule has 0 unspecified atom stereocenters. The van der Waals surface area contributed by atoms with Gasteiger partial charge in [-0.05, 0) is 46.6 Å². The lowest BCUT2D eigenvalue weighted by Gasteiger charge is -2.18. The molecule has 2 aromatic rings. The third kappa shape index (κ3) is 4.31. The predicted octanol–water partition coefficient (Wildman–Crippen LogP) is 4.33. The molecule has 2 rings (SSSR count). The number of amides is 1. The maximum atomic E-state index is 12.2. The van der Waals surface area contributed by atoms with Gasteiger partial charge in [0.1, 0.15) is 5.69 Å². The van der Waals surface area contributed by atoms with Crippen molar-refractivity contribution in [3.63, 3.8) is 0 Å². The summed E-state index contributed by atoms with van der Waals surface area (Å²) in [7, 11) is 2.04. The monoisotopic (exact) mass is 361 g/mol. The van der Waals surface area contributed by atoms with E-state index in [4.69, 9.17) is 0 Å². The number of nitrogens with one attached hydrogen (secondary N) is 1. The first-order valence-electron chi connectivity index (χ1n) is 7.35. The number of hydrogen-bond acceptors (Lipinski definition) is 3. The molecule has 0 bridgehead atoms. The second-order valence-electron chi connectivity index (χ2n) is 5.11. The Morgan fingerprint density at radius 2 is 2.05 bits per heavy atom. The van der Waals surface area contributed by atoms with E-state index in [-0.39, 0.29) is 5.91 Å². The lowest BCUT2D eigenvalue weighted by Crippen LogP contribution is -2.19. The highest BCUT2D eigenvalue weighted by atomic mass is 79.9. The van der Waals surface area contributed by atoms with Gasteiger partial charge < -0.3 is 10.2 Å². The number of pyridine rings is 1. The zero-order chi connectivity index (χ0) is 15.9. The Morgan fingerprint density at radius 1 is 1.27 bits per heavy atom. The van der Waals surface area contributed by atoms with Crippen LogP contribution in [0.4, 0.5) is 11.4 Å². The van der Waals surface area contributed by atoms with Gasteiger partial charge in [-0.1, -0.05) is 25.5 Å². The molecule has 1 aromatic heterocycles. The Labute approximate surface area is 139 Å². The van der Waals surface area contributed by atoms with Crippen molar-refractivity contribution in [3.8, 4) is 0 Å². The summed E-state index contributed by atoms with van der Waals surface area (Å²) in [4.78, 5) is 18.6. The van der Waals surface area contributed by atoms with Crippen LogP contribution >= 0.6 is 15.9 Å². The summed E-state index contributed by atoms with van der Waals surface area (Å²) in [5, 5.41) is 2.85. The summed E-state index contributed by atoms with van der Waals surface area (Å²) < 4.78 is 0.847. The van der Waals surface area contributed by atoms with Gasteiger partial charge in [-0.15, -0.1) is 0 Å². The van der Waals surface area contributed by atoms with Gasteiger partial charge in [0.05, 0.1) is 17.6 Å². The zero-order valence-electron chi connectivity index (χ0n) is 12.8. The number of para-hydroxylation sites is 1. The standard InChI is InChI=1S/C17H20BrN3O/c1-3-4-11-21(2)13-9-10-16(19-12-13)17(22)20-15-8-6-5-7-14(15)18/h5-10,12H,3-4,11H2,1-2H3,(H,20,22). The normalized spacial score (nSPS) is 10.3. The van der Waals surface area contributed by atoms with Crippen LogP contribution in [0.15, 0.2) is 47.1 Å². The molecule has 0 radical (unpaired) electrons. The van der Waals surface area contributed by atoms with Gasteiger partial charge in [-0.2, -0.15) is 0 Å². The molecule has 0 saturated heterocycles. The number of aromatic nitrogens is 1. The second-order valence-corrected chi connectivity index (χ2v) is 5.97. The number of carbonyl (C=O) groups is 1.